The zero-order chi connectivity index (χ0) is 31.2. The third-order valence-electron chi connectivity index (χ3n) is 8.52. The molecule has 1 amide bonds. The van der Waals surface area contributed by atoms with Gasteiger partial charge in [0, 0.05) is 42.2 Å². The van der Waals surface area contributed by atoms with E-state index in [1.807, 2.05) is 0 Å². The van der Waals surface area contributed by atoms with Gasteiger partial charge in [-0.1, -0.05) is 55.8 Å². The highest BCUT2D eigenvalue weighted by Gasteiger charge is 2.36. The monoisotopic (exact) mass is 620 g/mol. The van der Waals surface area contributed by atoms with Gasteiger partial charge < -0.3 is 19.4 Å². The number of halogens is 4. The molecule has 0 spiro atoms. The smallest absolute Gasteiger partial charge is 0.319 e. The summed E-state index contributed by atoms with van der Waals surface area (Å²) < 4.78 is 50.8. The van der Waals surface area contributed by atoms with Gasteiger partial charge in [-0.3, -0.25) is 9.78 Å². The van der Waals surface area contributed by atoms with E-state index < -0.39 is 29.4 Å². The first-order chi connectivity index (χ1) is 21.1. The number of carbonyl (C=O) groups is 1. The molecule has 0 bridgehead atoms. The molecule has 44 heavy (non-hydrogen) atoms. The molecule has 1 aliphatic carbocycles. The first-order valence-electron chi connectivity index (χ1n) is 14.2. The summed E-state index contributed by atoms with van der Waals surface area (Å²) in [7, 11) is 0. The molecule has 1 aliphatic heterocycles. The van der Waals surface area contributed by atoms with E-state index in [1.54, 1.807) is 29.2 Å². The topological polar surface area (TPSA) is 75.8 Å². The van der Waals surface area contributed by atoms with Crippen LogP contribution in [-0.2, 0) is 4.79 Å². The zero-order valence-corrected chi connectivity index (χ0v) is 24.7. The molecule has 12 heteroatoms. The summed E-state index contributed by atoms with van der Waals surface area (Å²) in [5.74, 6) is -3.07. The number of anilines is 1. The second kappa shape index (κ2) is 11.6. The molecule has 2 aromatic heterocycles. The molecule has 2 fully saturated rings. The van der Waals surface area contributed by atoms with E-state index >= 15 is 4.39 Å². The van der Waals surface area contributed by atoms with Crippen molar-refractivity contribution in [3.05, 3.63) is 77.0 Å². The van der Waals surface area contributed by atoms with E-state index in [9.17, 15) is 13.6 Å². The van der Waals surface area contributed by atoms with Crippen LogP contribution in [0, 0.1) is 23.6 Å². The Morgan fingerprint density at radius 3 is 2.73 bits per heavy atom. The molecule has 2 aliphatic rings. The minimum Gasteiger partial charge on any atom is -0.463 e. The van der Waals surface area contributed by atoms with Gasteiger partial charge in [-0.2, -0.15) is 9.97 Å². The molecular formula is C32H28ClF3N6O2. The summed E-state index contributed by atoms with van der Waals surface area (Å²) in [6, 6.07) is 7.20. The Morgan fingerprint density at radius 2 is 2.02 bits per heavy atom. The number of carbonyl (C=O) groups excluding carboxylic acids is 1. The molecule has 4 aromatic rings. The average Bonchev–Trinajstić information content (AvgIpc) is 3.00. The molecule has 1 saturated carbocycles. The molecule has 226 valence electrons. The molecule has 0 radical (unpaired) electrons. The van der Waals surface area contributed by atoms with Crippen LogP contribution < -0.4 is 9.64 Å². The number of hydrogen-bond donors (Lipinski definition) is 0. The second-order valence-electron chi connectivity index (χ2n) is 11.6. The van der Waals surface area contributed by atoms with Gasteiger partial charge in [-0.25, -0.2) is 19.7 Å². The second-order valence-corrected chi connectivity index (χ2v) is 12.0. The highest BCUT2D eigenvalue weighted by atomic mass is 35.5. The molecule has 1 atom stereocenters. The number of amides is 1. The molecule has 1 saturated heterocycles. The van der Waals surface area contributed by atoms with Gasteiger partial charge in [-0.15, -0.1) is 0 Å². The lowest BCUT2D eigenvalue weighted by Gasteiger charge is -2.40. The van der Waals surface area contributed by atoms with E-state index in [0.29, 0.717) is 28.8 Å². The van der Waals surface area contributed by atoms with Crippen LogP contribution in [0.25, 0.3) is 37.8 Å². The van der Waals surface area contributed by atoms with Crippen LogP contribution in [0.5, 0.6) is 6.01 Å². The van der Waals surface area contributed by atoms with Crippen molar-refractivity contribution in [1.29, 1.82) is 0 Å². The largest absolute Gasteiger partial charge is 0.463 e. The molecule has 3 heterocycles. The van der Waals surface area contributed by atoms with Crippen LogP contribution >= 0.6 is 11.6 Å². The Labute approximate surface area is 256 Å². The third kappa shape index (κ3) is 5.28. The summed E-state index contributed by atoms with van der Waals surface area (Å²) in [4.78, 5) is 32.5. The van der Waals surface area contributed by atoms with Gasteiger partial charge in [-0.05, 0) is 24.3 Å². The Kier molecular flexibility index (Phi) is 7.80. The Morgan fingerprint density at radius 1 is 1.23 bits per heavy atom. The van der Waals surface area contributed by atoms with Gasteiger partial charge in [0.05, 0.1) is 17.0 Å². The lowest BCUT2D eigenvalue weighted by atomic mass is 9.71. The fourth-order valence-corrected chi connectivity index (χ4v) is 6.19. The molecule has 2 aromatic carbocycles. The van der Waals surface area contributed by atoms with Gasteiger partial charge in [0.25, 0.3) is 5.91 Å². The highest BCUT2D eigenvalue weighted by molar-refractivity contribution is 6.36. The number of aromatic nitrogens is 3. The maximum Gasteiger partial charge on any atom is 0.319 e. The standard InChI is InChI=1S/C32H28ClF3N6O2/c1-18(34)30(43)42-13-12-41(16-20(42)14-37-3)29-22-15-38-27(21-7-4-6-19-8-9-23(35)25(33)24(19)21)26(36)28(22)39-31(40-29)44-17-32(2)10-5-11-32/h4,6-9,15,20H,1,5,10-14,16-17H2,2H3/t20-/m0/s1. The first-order valence-corrected chi connectivity index (χ1v) is 14.6. The molecule has 6 rings (SSSR count). The summed E-state index contributed by atoms with van der Waals surface area (Å²) in [5.41, 5.74) is 0.133. The lowest BCUT2D eigenvalue weighted by molar-refractivity contribution is -0.131. The Bertz CT molecular complexity index is 1860. The summed E-state index contributed by atoms with van der Waals surface area (Å²) in [5, 5.41) is 1.07. The number of benzene rings is 2. The van der Waals surface area contributed by atoms with Crippen molar-refractivity contribution in [2.45, 2.75) is 32.2 Å². The summed E-state index contributed by atoms with van der Waals surface area (Å²) in [6.07, 6.45) is 4.51. The van der Waals surface area contributed by atoms with Gasteiger partial charge in [0.1, 0.15) is 28.9 Å². The Hall–Kier alpha value is -4.43. The van der Waals surface area contributed by atoms with Crippen molar-refractivity contribution >= 4 is 45.0 Å². The summed E-state index contributed by atoms with van der Waals surface area (Å²) >= 11 is 6.34. The number of rotatable bonds is 7. The predicted molar refractivity (Wildman–Crippen MR) is 162 cm³/mol. The number of fused-ring (bicyclic) bond motifs is 2. The maximum atomic E-state index is 16.5. The van der Waals surface area contributed by atoms with Crippen LogP contribution in [0.1, 0.15) is 26.2 Å². The quantitative estimate of drug-likeness (QED) is 0.168. The van der Waals surface area contributed by atoms with Crippen LogP contribution in [0.2, 0.25) is 5.02 Å². The summed E-state index contributed by atoms with van der Waals surface area (Å²) in [6.45, 7) is 13.3. The van der Waals surface area contributed by atoms with E-state index in [4.69, 9.17) is 22.9 Å². The minimum atomic E-state index is -1.10. The Balaban J connectivity index is 1.47. The van der Waals surface area contributed by atoms with Crippen molar-refractivity contribution in [2.75, 3.05) is 37.7 Å². The predicted octanol–water partition coefficient (Wildman–Crippen LogP) is 6.77. The minimum absolute atomic E-state index is 0.0314. The van der Waals surface area contributed by atoms with E-state index in [2.05, 4.69) is 33.3 Å². The molecular weight excluding hydrogens is 593 g/mol. The average molecular weight is 621 g/mol. The van der Waals surface area contributed by atoms with Gasteiger partial charge in [0.2, 0.25) is 6.54 Å². The van der Waals surface area contributed by atoms with Crippen LogP contribution in [0.15, 0.2) is 48.9 Å². The van der Waals surface area contributed by atoms with E-state index in [1.165, 1.54) is 17.2 Å². The van der Waals surface area contributed by atoms with E-state index in [-0.39, 0.29) is 59.2 Å². The lowest BCUT2D eigenvalue weighted by Crippen LogP contribution is -2.56. The van der Waals surface area contributed by atoms with Gasteiger partial charge in [0.15, 0.2) is 11.6 Å². The maximum absolute atomic E-state index is 16.5. The SMILES string of the molecule is [C-]#[N+]C[C@H]1CN(c2nc(OCC3(C)CCC3)nc3c(F)c(-c4cccc5ccc(F)c(Cl)c45)ncc23)CCN1C(=O)C(=C)F. The van der Waals surface area contributed by atoms with Crippen molar-refractivity contribution in [3.63, 3.8) is 0 Å². The fourth-order valence-electron chi connectivity index (χ4n) is 5.92. The van der Waals surface area contributed by atoms with Crippen LogP contribution in [-0.4, -0.2) is 64.6 Å². The third-order valence-corrected chi connectivity index (χ3v) is 8.89. The molecule has 0 N–H and O–H groups in total. The fraction of sp³-hybridized carbons (Fsp3) is 0.344. The normalized spacial score (nSPS) is 17.8. The zero-order valence-electron chi connectivity index (χ0n) is 23.9. The highest BCUT2D eigenvalue weighted by Crippen LogP contribution is 2.41. The van der Waals surface area contributed by atoms with Crippen molar-refractivity contribution in [1.82, 2.24) is 19.9 Å². The molecule has 8 nitrogen and oxygen atoms in total. The number of nitrogens with zero attached hydrogens (tertiary/aromatic N) is 6. The number of ether oxygens (including phenoxy) is 1. The van der Waals surface area contributed by atoms with Crippen molar-refractivity contribution in [3.8, 4) is 17.3 Å². The van der Waals surface area contributed by atoms with Crippen molar-refractivity contribution < 1.29 is 22.7 Å². The van der Waals surface area contributed by atoms with Crippen molar-refractivity contribution in [2.24, 2.45) is 5.41 Å². The first kappa shape index (κ1) is 29.6. The van der Waals surface area contributed by atoms with Gasteiger partial charge >= 0.3 is 6.01 Å². The van der Waals surface area contributed by atoms with Crippen LogP contribution in [0.4, 0.5) is 19.0 Å². The number of pyridine rings is 1. The van der Waals surface area contributed by atoms with Crippen LogP contribution in [0.3, 0.4) is 0 Å². The van der Waals surface area contributed by atoms with E-state index in [0.717, 1.165) is 19.3 Å². The number of hydrogen-bond acceptors (Lipinski definition) is 6. The molecule has 0 unspecified atom stereocenters. The number of piperazine rings is 1.